The number of rotatable bonds is 6. The normalized spacial score (nSPS) is 15.0. The van der Waals surface area contributed by atoms with E-state index in [0.29, 0.717) is 5.95 Å². The molecule has 1 aliphatic rings. The van der Waals surface area contributed by atoms with Gasteiger partial charge >= 0.3 is 0 Å². The molecule has 0 bridgehead atoms. The molecule has 4 heterocycles. The Morgan fingerprint density at radius 3 is 2.80 bits per heavy atom. The third kappa shape index (κ3) is 3.90. The molecule has 5 rings (SSSR count). The van der Waals surface area contributed by atoms with Gasteiger partial charge in [-0.05, 0) is 30.5 Å². The summed E-state index contributed by atoms with van der Waals surface area (Å²) in [5, 5.41) is 16.2. The van der Waals surface area contributed by atoms with Gasteiger partial charge in [-0.3, -0.25) is 9.08 Å². The van der Waals surface area contributed by atoms with E-state index in [2.05, 4.69) is 47.2 Å². The van der Waals surface area contributed by atoms with E-state index < -0.39 is 0 Å². The van der Waals surface area contributed by atoms with Gasteiger partial charge in [0.15, 0.2) is 5.65 Å². The second kappa shape index (κ2) is 8.22. The van der Waals surface area contributed by atoms with Crippen LogP contribution in [0.3, 0.4) is 0 Å². The van der Waals surface area contributed by atoms with E-state index in [0.717, 1.165) is 40.9 Å². The summed E-state index contributed by atoms with van der Waals surface area (Å²) < 4.78 is 3.84. The summed E-state index contributed by atoms with van der Waals surface area (Å²) in [6.07, 6.45) is 14.6. The minimum atomic E-state index is 0.533. The molecule has 1 saturated carbocycles. The van der Waals surface area contributed by atoms with Gasteiger partial charge in [-0.25, -0.2) is 9.97 Å². The summed E-state index contributed by atoms with van der Waals surface area (Å²) in [5.74, 6) is 3.26. The number of pyridine rings is 1. The molecule has 0 spiro atoms. The highest BCUT2D eigenvalue weighted by molar-refractivity contribution is 5.65. The molecule has 4 aromatic rings. The lowest BCUT2D eigenvalue weighted by atomic mass is 9.86. The summed E-state index contributed by atoms with van der Waals surface area (Å²) in [4.78, 5) is 8.97. The number of nitrogens with one attached hydrogen (secondary N) is 1. The molecule has 4 aromatic heterocycles. The highest BCUT2D eigenvalue weighted by Crippen LogP contribution is 2.27. The van der Waals surface area contributed by atoms with E-state index in [9.17, 15) is 0 Å². The summed E-state index contributed by atoms with van der Waals surface area (Å²) >= 11 is 0. The van der Waals surface area contributed by atoms with Crippen LogP contribution in [-0.2, 0) is 13.5 Å². The Balaban J connectivity index is 1.34. The summed E-state index contributed by atoms with van der Waals surface area (Å²) in [6.45, 7) is 0. The van der Waals surface area contributed by atoms with Gasteiger partial charge in [-0.1, -0.05) is 32.1 Å². The molecule has 0 radical (unpaired) electrons. The van der Waals surface area contributed by atoms with Gasteiger partial charge in [0.1, 0.15) is 11.6 Å². The minimum Gasteiger partial charge on any atom is -0.309 e. The average molecular weight is 403 g/mol. The molecule has 0 amide bonds. The van der Waals surface area contributed by atoms with E-state index in [-0.39, 0.29) is 0 Å². The Hall–Kier alpha value is -3.29. The maximum atomic E-state index is 4.65. The number of fused-ring (bicyclic) bond motifs is 1. The zero-order valence-electron chi connectivity index (χ0n) is 17.2. The lowest BCUT2D eigenvalue weighted by Crippen LogP contribution is -2.08. The third-order valence-corrected chi connectivity index (χ3v) is 5.99. The van der Waals surface area contributed by atoms with Crippen LogP contribution in [0.4, 0.5) is 11.8 Å². The quantitative estimate of drug-likeness (QED) is 0.521. The Kier molecular flexibility index (Phi) is 5.13. The molecular weight excluding hydrogens is 376 g/mol. The first-order valence-corrected chi connectivity index (χ1v) is 10.7. The highest BCUT2D eigenvalue weighted by Gasteiger charge is 2.15. The molecule has 154 valence electrons. The van der Waals surface area contributed by atoms with Crippen molar-refractivity contribution in [1.82, 2.24) is 34.3 Å². The van der Waals surface area contributed by atoms with Crippen LogP contribution in [0.2, 0.25) is 0 Å². The van der Waals surface area contributed by atoms with Gasteiger partial charge in [0.05, 0.1) is 11.9 Å². The largest absolute Gasteiger partial charge is 0.309 e. The predicted molar refractivity (Wildman–Crippen MR) is 115 cm³/mol. The molecular formula is C22H26N8. The molecule has 8 heteroatoms. The summed E-state index contributed by atoms with van der Waals surface area (Å²) in [7, 11) is 1.87. The van der Waals surface area contributed by atoms with Crippen LogP contribution < -0.4 is 5.32 Å². The Labute approximate surface area is 175 Å². The average Bonchev–Trinajstić information content (AvgIpc) is 3.38. The predicted octanol–water partition coefficient (Wildman–Crippen LogP) is 4.18. The van der Waals surface area contributed by atoms with Crippen molar-refractivity contribution in [1.29, 1.82) is 0 Å². The first-order chi connectivity index (χ1) is 14.8. The van der Waals surface area contributed by atoms with Crippen molar-refractivity contribution in [3.8, 4) is 11.3 Å². The fourth-order valence-corrected chi connectivity index (χ4v) is 4.27. The topological polar surface area (TPSA) is 85.8 Å². The highest BCUT2D eigenvalue weighted by atomic mass is 15.3. The van der Waals surface area contributed by atoms with Crippen molar-refractivity contribution in [2.75, 3.05) is 5.32 Å². The van der Waals surface area contributed by atoms with Gasteiger partial charge in [0, 0.05) is 37.5 Å². The van der Waals surface area contributed by atoms with Crippen molar-refractivity contribution >= 4 is 17.4 Å². The van der Waals surface area contributed by atoms with Crippen molar-refractivity contribution in [2.45, 2.75) is 44.9 Å². The molecule has 1 N–H and O–H groups in total. The fraction of sp³-hybridized carbons (Fsp3) is 0.409. The molecule has 1 fully saturated rings. The van der Waals surface area contributed by atoms with Gasteiger partial charge in [-0.2, -0.15) is 5.10 Å². The molecule has 0 aliphatic heterocycles. The molecule has 0 aromatic carbocycles. The molecule has 1 aliphatic carbocycles. The number of aryl methyl sites for hydroxylation is 2. The lowest BCUT2D eigenvalue weighted by molar-refractivity contribution is 0.337. The summed E-state index contributed by atoms with van der Waals surface area (Å²) in [5.41, 5.74) is 2.68. The van der Waals surface area contributed by atoms with E-state index in [1.807, 2.05) is 25.2 Å². The standard InChI is InChI=1S/C22H26N8/c1-29-19(10-13-24-29)26-22-23-12-9-18(25-22)17-11-14-30-20(27-28-21(30)15-17)8-7-16-5-3-2-4-6-16/h9-16H,2-8H2,1H3,(H,23,25,26). The van der Waals surface area contributed by atoms with E-state index in [1.165, 1.54) is 38.5 Å². The zero-order valence-corrected chi connectivity index (χ0v) is 17.2. The number of aromatic nitrogens is 7. The van der Waals surface area contributed by atoms with E-state index >= 15 is 0 Å². The molecule has 8 nitrogen and oxygen atoms in total. The fourth-order valence-electron chi connectivity index (χ4n) is 4.27. The number of nitrogens with zero attached hydrogens (tertiary/aromatic N) is 7. The smallest absolute Gasteiger partial charge is 0.228 e. The second-order valence-corrected chi connectivity index (χ2v) is 8.03. The van der Waals surface area contributed by atoms with Gasteiger partial charge in [0.25, 0.3) is 0 Å². The Bertz CT molecular complexity index is 1140. The SMILES string of the molecule is Cn1nccc1Nc1nccc(-c2ccn3c(CCC4CCCCC4)nnc3c2)n1. The van der Waals surface area contributed by atoms with Gasteiger partial charge in [-0.15, -0.1) is 10.2 Å². The maximum Gasteiger partial charge on any atom is 0.228 e. The molecule has 0 saturated heterocycles. The van der Waals surface area contributed by atoms with Crippen LogP contribution in [0, 0.1) is 5.92 Å². The maximum absolute atomic E-state index is 4.65. The Morgan fingerprint density at radius 1 is 1.07 bits per heavy atom. The van der Waals surface area contributed by atoms with Gasteiger partial charge < -0.3 is 5.32 Å². The second-order valence-electron chi connectivity index (χ2n) is 8.03. The molecule has 0 atom stereocenters. The zero-order chi connectivity index (χ0) is 20.3. The number of anilines is 2. The number of hydrogen-bond acceptors (Lipinski definition) is 6. The van der Waals surface area contributed by atoms with E-state index in [1.54, 1.807) is 17.1 Å². The van der Waals surface area contributed by atoms with Crippen molar-refractivity contribution < 1.29 is 0 Å². The van der Waals surface area contributed by atoms with Crippen LogP contribution in [0.15, 0.2) is 42.9 Å². The van der Waals surface area contributed by atoms with Crippen LogP contribution in [0.1, 0.15) is 44.3 Å². The number of hydrogen-bond donors (Lipinski definition) is 1. The lowest BCUT2D eigenvalue weighted by Gasteiger charge is -2.20. The third-order valence-electron chi connectivity index (χ3n) is 5.99. The summed E-state index contributed by atoms with van der Waals surface area (Å²) in [6, 6.07) is 7.89. The monoisotopic (exact) mass is 402 g/mol. The van der Waals surface area contributed by atoms with Crippen LogP contribution >= 0.6 is 0 Å². The van der Waals surface area contributed by atoms with E-state index in [4.69, 9.17) is 0 Å². The first-order valence-electron chi connectivity index (χ1n) is 10.7. The van der Waals surface area contributed by atoms with Crippen molar-refractivity contribution in [3.05, 3.63) is 48.7 Å². The Morgan fingerprint density at radius 2 is 1.97 bits per heavy atom. The van der Waals surface area contributed by atoms with Gasteiger partial charge in [0.2, 0.25) is 5.95 Å². The van der Waals surface area contributed by atoms with Crippen LogP contribution in [0.5, 0.6) is 0 Å². The van der Waals surface area contributed by atoms with Crippen molar-refractivity contribution in [3.63, 3.8) is 0 Å². The first kappa shape index (κ1) is 18.7. The van der Waals surface area contributed by atoms with Crippen molar-refractivity contribution in [2.24, 2.45) is 13.0 Å². The minimum absolute atomic E-state index is 0.533. The van der Waals surface area contributed by atoms with Crippen LogP contribution in [0.25, 0.3) is 16.9 Å². The molecule has 0 unspecified atom stereocenters. The molecule has 30 heavy (non-hydrogen) atoms. The van der Waals surface area contributed by atoms with Crippen LogP contribution in [-0.4, -0.2) is 34.3 Å².